The van der Waals surface area contributed by atoms with Gasteiger partial charge in [-0.1, -0.05) is 20.8 Å². The van der Waals surface area contributed by atoms with Crippen molar-refractivity contribution in [1.29, 1.82) is 0 Å². The summed E-state index contributed by atoms with van der Waals surface area (Å²) in [5.74, 6) is 0. The lowest BCUT2D eigenvalue weighted by atomic mass is 10.1. The Morgan fingerprint density at radius 1 is 1.15 bits per heavy atom. The molecule has 1 rings (SSSR count). The third-order valence-corrected chi connectivity index (χ3v) is 4.79. The number of nitrogens with one attached hydrogen (secondary N) is 1. The Hall–Kier alpha value is -0.120. The summed E-state index contributed by atoms with van der Waals surface area (Å²) in [6, 6.07) is 1.42. The summed E-state index contributed by atoms with van der Waals surface area (Å²) in [6.07, 6.45) is 6.68. The molecule has 0 aromatic heterocycles. The Morgan fingerprint density at radius 3 is 2.55 bits per heavy atom. The van der Waals surface area contributed by atoms with Crippen LogP contribution in [0.25, 0.3) is 0 Å². The number of hydrogen-bond donors (Lipinski definition) is 1. The maximum atomic E-state index is 3.87. The van der Waals surface area contributed by atoms with Crippen LogP contribution in [-0.4, -0.2) is 61.2 Å². The molecule has 0 aromatic rings. The molecule has 1 heterocycles. The van der Waals surface area contributed by atoms with E-state index in [0.29, 0.717) is 6.04 Å². The third kappa shape index (κ3) is 7.05. The lowest BCUT2D eigenvalue weighted by molar-refractivity contribution is 0.282. The Kier molecular flexibility index (Phi) is 9.49. The Bertz CT molecular complexity index is 228. The first-order chi connectivity index (χ1) is 9.69. The fraction of sp³-hybridized carbons (Fsp3) is 1.00. The highest BCUT2D eigenvalue weighted by atomic mass is 15.1. The minimum absolute atomic E-state index is 0.670. The van der Waals surface area contributed by atoms with Gasteiger partial charge in [0.15, 0.2) is 0 Å². The van der Waals surface area contributed by atoms with Gasteiger partial charge >= 0.3 is 0 Å². The summed E-state index contributed by atoms with van der Waals surface area (Å²) >= 11 is 0. The van der Waals surface area contributed by atoms with Crippen molar-refractivity contribution in [3.05, 3.63) is 0 Å². The largest absolute Gasteiger partial charge is 0.311 e. The molecule has 1 N–H and O–H groups in total. The highest BCUT2D eigenvalue weighted by Gasteiger charge is 2.17. The molecule has 0 saturated carbocycles. The van der Waals surface area contributed by atoms with E-state index in [4.69, 9.17) is 0 Å². The molecule has 0 bridgehead atoms. The van der Waals surface area contributed by atoms with Crippen LogP contribution in [0.4, 0.5) is 0 Å². The molecule has 1 aliphatic rings. The Morgan fingerprint density at radius 2 is 1.90 bits per heavy atom. The van der Waals surface area contributed by atoms with Crippen molar-refractivity contribution in [2.24, 2.45) is 0 Å². The van der Waals surface area contributed by atoms with Crippen LogP contribution in [0, 0.1) is 0 Å². The van der Waals surface area contributed by atoms with E-state index in [9.17, 15) is 0 Å². The maximum Gasteiger partial charge on any atom is 0.00821 e. The van der Waals surface area contributed by atoms with Crippen LogP contribution in [0.15, 0.2) is 0 Å². The van der Waals surface area contributed by atoms with Crippen LogP contribution < -0.4 is 5.32 Å². The van der Waals surface area contributed by atoms with E-state index in [0.717, 1.165) is 6.04 Å². The molecule has 0 aliphatic carbocycles. The summed E-state index contributed by atoms with van der Waals surface area (Å²) in [6.45, 7) is 16.6. The van der Waals surface area contributed by atoms with E-state index in [1.807, 2.05) is 0 Å². The highest BCUT2D eigenvalue weighted by molar-refractivity contribution is 4.77. The molecule has 0 spiro atoms. The molecule has 3 heteroatoms. The number of nitrogens with zero attached hydrogens (tertiary/aromatic N) is 2. The molecular weight excluding hydrogens is 246 g/mol. The van der Waals surface area contributed by atoms with Gasteiger partial charge in [0.05, 0.1) is 0 Å². The van der Waals surface area contributed by atoms with Gasteiger partial charge in [-0.15, -0.1) is 0 Å². The SMILES string of the molecule is CCN(CC)CCCC(C)NC1CCCN(CC)CC1. The van der Waals surface area contributed by atoms with Crippen molar-refractivity contribution in [3.63, 3.8) is 0 Å². The van der Waals surface area contributed by atoms with Crippen LogP contribution in [0.3, 0.4) is 0 Å². The normalized spacial score (nSPS) is 22.9. The smallest absolute Gasteiger partial charge is 0.00821 e. The van der Waals surface area contributed by atoms with Gasteiger partial charge < -0.3 is 15.1 Å². The predicted octanol–water partition coefficient (Wildman–Crippen LogP) is 2.96. The van der Waals surface area contributed by atoms with Crippen molar-refractivity contribution >= 4 is 0 Å². The molecule has 0 amide bonds. The fourth-order valence-electron chi connectivity index (χ4n) is 3.29. The van der Waals surface area contributed by atoms with Crippen molar-refractivity contribution < 1.29 is 0 Å². The van der Waals surface area contributed by atoms with Crippen LogP contribution in [0.2, 0.25) is 0 Å². The summed E-state index contributed by atoms with van der Waals surface area (Å²) in [7, 11) is 0. The van der Waals surface area contributed by atoms with Gasteiger partial charge in [0.25, 0.3) is 0 Å². The maximum absolute atomic E-state index is 3.87. The molecule has 1 fully saturated rings. The highest BCUT2D eigenvalue weighted by Crippen LogP contribution is 2.12. The lowest BCUT2D eigenvalue weighted by Gasteiger charge is -2.24. The van der Waals surface area contributed by atoms with Crippen molar-refractivity contribution in [1.82, 2.24) is 15.1 Å². The molecule has 1 aliphatic heterocycles. The van der Waals surface area contributed by atoms with E-state index in [1.54, 1.807) is 0 Å². The zero-order valence-electron chi connectivity index (χ0n) is 14.3. The molecule has 2 atom stereocenters. The topological polar surface area (TPSA) is 18.5 Å². The van der Waals surface area contributed by atoms with Crippen molar-refractivity contribution in [2.45, 2.75) is 71.9 Å². The number of rotatable bonds is 9. The van der Waals surface area contributed by atoms with E-state index in [1.165, 1.54) is 71.4 Å². The summed E-state index contributed by atoms with van der Waals surface area (Å²) in [5.41, 5.74) is 0. The van der Waals surface area contributed by atoms with Gasteiger partial charge in [-0.3, -0.25) is 0 Å². The van der Waals surface area contributed by atoms with Gasteiger partial charge in [-0.05, 0) is 78.3 Å². The monoisotopic (exact) mass is 283 g/mol. The van der Waals surface area contributed by atoms with E-state index >= 15 is 0 Å². The predicted molar refractivity (Wildman–Crippen MR) is 89.4 cm³/mol. The second kappa shape index (κ2) is 10.6. The van der Waals surface area contributed by atoms with Gasteiger partial charge in [0.2, 0.25) is 0 Å². The minimum atomic E-state index is 0.670. The molecule has 0 aromatic carbocycles. The van der Waals surface area contributed by atoms with Crippen LogP contribution >= 0.6 is 0 Å². The standard InChI is InChI=1S/C17H37N3/c1-5-19(6-2)13-8-10-16(4)18-17-11-9-14-20(7-3)15-12-17/h16-18H,5-15H2,1-4H3. The van der Waals surface area contributed by atoms with Crippen LogP contribution in [-0.2, 0) is 0 Å². The van der Waals surface area contributed by atoms with Crippen LogP contribution in [0.1, 0.15) is 59.8 Å². The zero-order valence-corrected chi connectivity index (χ0v) is 14.3. The van der Waals surface area contributed by atoms with E-state index in [-0.39, 0.29) is 0 Å². The molecule has 2 unspecified atom stereocenters. The number of likely N-dealkylation sites (tertiary alicyclic amines) is 1. The lowest BCUT2D eigenvalue weighted by Crippen LogP contribution is -2.37. The van der Waals surface area contributed by atoms with Gasteiger partial charge in [0.1, 0.15) is 0 Å². The average Bonchev–Trinajstić information content (AvgIpc) is 2.68. The van der Waals surface area contributed by atoms with Gasteiger partial charge in [-0.2, -0.15) is 0 Å². The first kappa shape index (κ1) is 17.9. The Labute approximate surface area is 127 Å². The summed E-state index contributed by atoms with van der Waals surface area (Å²) in [4.78, 5) is 5.12. The molecule has 20 heavy (non-hydrogen) atoms. The van der Waals surface area contributed by atoms with Crippen LogP contribution in [0.5, 0.6) is 0 Å². The summed E-state index contributed by atoms with van der Waals surface area (Å²) < 4.78 is 0. The molecule has 0 radical (unpaired) electrons. The number of hydrogen-bond acceptors (Lipinski definition) is 3. The fourth-order valence-corrected chi connectivity index (χ4v) is 3.29. The first-order valence-electron chi connectivity index (χ1n) is 8.90. The molecular formula is C17H37N3. The molecule has 3 nitrogen and oxygen atoms in total. The second-order valence-electron chi connectivity index (χ2n) is 6.30. The van der Waals surface area contributed by atoms with Gasteiger partial charge in [-0.25, -0.2) is 0 Å². The Balaban J connectivity index is 2.16. The van der Waals surface area contributed by atoms with Gasteiger partial charge in [0, 0.05) is 12.1 Å². The zero-order chi connectivity index (χ0) is 14.8. The molecule has 120 valence electrons. The average molecular weight is 284 g/mol. The second-order valence-corrected chi connectivity index (χ2v) is 6.30. The van der Waals surface area contributed by atoms with Crippen molar-refractivity contribution in [2.75, 3.05) is 39.3 Å². The van der Waals surface area contributed by atoms with Crippen molar-refractivity contribution in [3.8, 4) is 0 Å². The van der Waals surface area contributed by atoms with E-state index < -0.39 is 0 Å². The minimum Gasteiger partial charge on any atom is -0.311 e. The molecule has 1 saturated heterocycles. The first-order valence-corrected chi connectivity index (χ1v) is 8.90. The third-order valence-electron chi connectivity index (χ3n) is 4.79. The summed E-state index contributed by atoms with van der Waals surface area (Å²) in [5, 5.41) is 3.87. The van der Waals surface area contributed by atoms with E-state index in [2.05, 4.69) is 42.8 Å². The quantitative estimate of drug-likeness (QED) is 0.702.